The number of carbonyl (C=O) groups is 2. The molecule has 0 aliphatic carbocycles. The summed E-state index contributed by atoms with van der Waals surface area (Å²) < 4.78 is 10.6. The van der Waals surface area contributed by atoms with Gasteiger partial charge in [0.25, 0.3) is 11.8 Å². The van der Waals surface area contributed by atoms with Gasteiger partial charge in [0.1, 0.15) is 0 Å². The van der Waals surface area contributed by atoms with Crippen LogP contribution < -0.4 is 9.47 Å². The standard InChI is InChI=1S/C19H18N2O4S/c22-18(13-5-6-15-16(11-13)25-12-24-15)20-7-9-21(10-8-20)19(23)14-3-1-2-4-17(14)26/h1-6,11,26H,7-10,12H2. The van der Waals surface area contributed by atoms with Crippen molar-refractivity contribution >= 4 is 24.4 Å². The molecule has 0 N–H and O–H groups in total. The molecule has 4 rings (SSSR count). The van der Waals surface area contributed by atoms with Gasteiger partial charge in [-0.05, 0) is 30.3 Å². The molecule has 26 heavy (non-hydrogen) atoms. The molecule has 0 spiro atoms. The van der Waals surface area contributed by atoms with E-state index in [9.17, 15) is 9.59 Å². The average molecular weight is 370 g/mol. The molecule has 134 valence electrons. The van der Waals surface area contributed by atoms with Crippen LogP contribution in [0.3, 0.4) is 0 Å². The summed E-state index contributed by atoms with van der Waals surface area (Å²) in [4.78, 5) is 29.5. The Morgan fingerprint density at radius 3 is 2.23 bits per heavy atom. The number of ether oxygens (including phenoxy) is 2. The molecule has 2 aliphatic rings. The summed E-state index contributed by atoms with van der Waals surface area (Å²) in [7, 11) is 0. The molecule has 2 amide bonds. The molecule has 0 atom stereocenters. The lowest BCUT2D eigenvalue weighted by Gasteiger charge is -2.35. The molecule has 1 fully saturated rings. The summed E-state index contributed by atoms with van der Waals surface area (Å²) in [6.07, 6.45) is 0. The lowest BCUT2D eigenvalue weighted by molar-refractivity contribution is 0.0533. The topological polar surface area (TPSA) is 59.1 Å². The molecular formula is C19H18N2O4S. The first-order valence-electron chi connectivity index (χ1n) is 8.39. The van der Waals surface area contributed by atoms with E-state index < -0.39 is 0 Å². The number of piperazine rings is 1. The summed E-state index contributed by atoms with van der Waals surface area (Å²) in [5.74, 6) is 1.13. The molecule has 2 aromatic rings. The van der Waals surface area contributed by atoms with Crippen LogP contribution in [-0.4, -0.2) is 54.6 Å². The number of benzene rings is 2. The van der Waals surface area contributed by atoms with E-state index in [1.54, 1.807) is 40.1 Å². The molecule has 7 heteroatoms. The maximum absolute atomic E-state index is 12.7. The smallest absolute Gasteiger partial charge is 0.255 e. The van der Waals surface area contributed by atoms with Gasteiger partial charge < -0.3 is 19.3 Å². The highest BCUT2D eigenvalue weighted by Crippen LogP contribution is 2.32. The number of rotatable bonds is 2. The third kappa shape index (κ3) is 3.10. The van der Waals surface area contributed by atoms with E-state index in [2.05, 4.69) is 12.6 Å². The normalized spacial score (nSPS) is 15.9. The fourth-order valence-electron chi connectivity index (χ4n) is 3.15. The monoisotopic (exact) mass is 370 g/mol. The van der Waals surface area contributed by atoms with E-state index in [4.69, 9.17) is 9.47 Å². The number of fused-ring (bicyclic) bond motifs is 1. The summed E-state index contributed by atoms with van der Waals surface area (Å²) in [6.45, 7) is 2.16. The van der Waals surface area contributed by atoms with Gasteiger partial charge in [-0.1, -0.05) is 12.1 Å². The molecule has 2 aliphatic heterocycles. The fraction of sp³-hybridized carbons (Fsp3) is 0.263. The van der Waals surface area contributed by atoms with E-state index in [-0.39, 0.29) is 18.6 Å². The van der Waals surface area contributed by atoms with Crippen LogP contribution in [0.25, 0.3) is 0 Å². The Labute approximate surface area is 156 Å². The minimum atomic E-state index is -0.0648. The first-order chi connectivity index (χ1) is 12.6. The van der Waals surface area contributed by atoms with Gasteiger partial charge in [0.15, 0.2) is 11.5 Å². The highest BCUT2D eigenvalue weighted by molar-refractivity contribution is 7.80. The SMILES string of the molecule is O=C(c1ccc2c(c1)OCO2)N1CCN(C(=O)c2ccccc2S)CC1. The van der Waals surface area contributed by atoms with Gasteiger partial charge in [0.2, 0.25) is 6.79 Å². The highest BCUT2D eigenvalue weighted by Gasteiger charge is 2.27. The van der Waals surface area contributed by atoms with Gasteiger partial charge >= 0.3 is 0 Å². The number of nitrogens with zero attached hydrogens (tertiary/aromatic N) is 2. The number of hydrogen-bond acceptors (Lipinski definition) is 5. The van der Waals surface area contributed by atoms with Crippen LogP contribution >= 0.6 is 12.6 Å². The highest BCUT2D eigenvalue weighted by atomic mass is 32.1. The van der Waals surface area contributed by atoms with Crippen molar-refractivity contribution in [3.8, 4) is 11.5 Å². The van der Waals surface area contributed by atoms with Crippen molar-refractivity contribution in [1.82, 2.24) is 9.80 Å². The van der Waals surface area contributed by atoms with Crippen molar-refractivity contribution in [2.75, 3.05) is 33.0 Å². The zero-order valence-electron chi connectivity index (χ0n) is 14.1. The molecule has 1 saturated heterocycles. The molecular weight excluding hydrogens is 352 g/mol. The van der Waals surface area contributed by atoms with Gasteiger partial charge in [-0.15, -0.1) is 12.6 Å². The first kappa shape index (κ1) is 16.8. The Hall–Kier alpha value is -2.67. The quantitative estimate of drug-likeness (QED) is 0.824. The summed E-state index contributed by atoms with van der Waals surface area (Å²) in [6, 6.07) is 12.4. The Kier molecular flexibility index (Phi) is 4.46. The van der Waals surface area contributed by atoms with Crippen LogP contribution in [0.5, 0.6) is 11.5 Å². The lowest BCUT2D eigenvalue weighted by Crippen LogP contribution is -2.50. The lowest BCUT2D eigenvalue weighted by atomic mass is 10.1. The van der Waals surface area contributed by atoms with Gasteiger partial charge in [-0.25, -0.2) is 0 Å². The molecule has 0 saturated carbocycles. The minimum absolute atomic E-state index is 0.0502. The Morgan fingerprint density at radius 1 is 0.846 bits per heavy atom. The predicted molar refractivity (Wildman–Crippen MR) is 98.1 cm³/mol. The molecule has 0 aromatic heterocycles. The third-order valence-corrected chi connectivity index (χ3v) is 5.00. The zero-order chi connectivity index (χ0) is 18.1. The van der Waals surface area contributed by atoms with Crippen molar-refractivity contribution in [2.45, 2.75) is 4.90 Å². The summed E-state index contributed by atoms with van der Waals surface area (Å²) >= 11 is 4.35. The Balaban J connectivity index is 1.41. The van der Waals surface area contributed by atoms with Crippen molar-refractivity contribution in [3.63, 3.8) is 0 Å². The summed E-state index contributed by atoms with van der Waals surface area (Å²) in [5.41, 5.74) is 1.15. The predicted octanol–water partition coefficient (Wildman–Crippen LogP) is 2.30. The molecule has 0 bridgehead atoms. The average Bonchev–Trinajstić information content (AvgIpc) is 3.15. The second kappa shape index (κ2) is 6.92. The van der Waals surface area contributed by atoms with Crippen molar-refractivity contribution in [3.05, 3.63) is 53.6 Å². The number of thiol groups is 1. The zero-order valence-corrected chi connectivity index (χ0v) is 14.9. The van der Waals surface area contributed by atoms with Crippen molar-refractivity contribution in [2.24, 2.45) is 0 Å². The van der Waals surface area contributed by atoms with Crippen LogP contribution in [0, 0.1) is 0 Å². The van der Waals surface area contributed by atoms with Crippen LogP contribution in [0.2, 0.25) is 0 Å². The van der Waals surface area contributed by atoms with E-state index >= 15 is 0 Å². The summed E-state index contributed by atoms with van der Waals surface area (Å²) in [5, 5.41) is 0. The van der Waals surface area contributed by atoms with E-state index in [1.165, 1.54) is 0 Å². The third-order valence-electron chi connectivity index (χ3n) is 4.61. The minimum Gasteiger partial charge on any atom is -0.454 e. The van der Waals surface area contributed by atoms with E-state index in [1.807, 2.05) is 12.1 Å². The van der Waals surface area contributed by atoms with Crippen LogP contribution in [0.1, 0.15) is 20.7 Å². The maximum Gasteiger partial charge on any atom is 0.255 e. The Bertz CT molecular complexity index is 862. The Morgan fingerprint density at radius 2 is 1.50 bits per heavy atom. The molecule has 2 aromatic carbocycles. The second-order valence-corrected chi connectivity index (χ2v) is 6.65. The van der Waals surface area contributed by atoms with Crippen molar-refractivity contribution < 1.29 is 19.1 Å². The molecule has 0 unspecified atom stereocenters. The van der Waals surface area contributed by atoms with Gasteiger partial charge in [-0.2, -0.15) is 0 Å². The first-order valence-corrected chi connectivity index (χ1v) is 8.84. The van der Waals surface area contributed by atoms with Crippen molar-refractivity contribution in [1.29, 1.82) is 0 Å². The number of hydrogen-bond donors (Lipinski definition) is 1. The van der Waals surface area contributed by atoms with E-state index in [0.29, 0.717) is 53.7 Å². The van der Waals surface area contributed by atoms with Crippen LogP contribution in [-0.2, 0) is 0 Å². The fourth-order valence-corrected chi connectivity index (χ4v) is 3.41. The molecule has 6 nitrogen and oxygen atoms in total. The second-order valence-electron chi connectivity index (χ2n) is 6.17. The van der Waals surface area contributed by atoms with Crippen LogP contribution in [0.4, 0.5) is 0 Å². The largest absolute Gasteiger partial charge is 0.454 e. The van der Waals surface area contributed by atoms with Gasteiger partial charge in [-0.3, -0.25) is 9.59 Å². The molecule has 2 heterocycles. The number of carbonyl (C=O) groups excluding carboxylic acids is 2. The van der Waals surface area contributed by atoms with E-state index in [0.717, 1.165) is 0 Å². The van der Waals surface area contributed by atoms with Gasteiger partial charge in [0.05, 0.1) is 5.56 Å². The van der Waals surface area contributed by atoms with Gasteiger partial charge in [0, 0.05) is 36.6 Å². The molecule has 0 radical (unpaired) electrons. The maximum atomic E-state index is 12.7. The van der Waals surface area contributed by atoms with Crippen LogP contribution in [0.15, 0.2) is 47.4 Å². The number of amides is 2.